The second-order valence-corrected chi connectivity index (χ2v) is 8.63. The van der Waals surface area contributed by atoms with Crippen LogP contribution in [0.3, 0.4) is 0 Å². The smallest absolute Gasteiger partial charge is 0.334 e. The van der Waals surface area contributed by atoms with Gasteiger partial charge in [0.25, 0.3) is 11.8 Å². The lowest BCUT2D eigenvalue weighted by molar-refractivity contribution is -0.197. The van der Waals surface area contributed by atoms with Gasteiger partial charge in [-0.25, -0.2) is 4.79 Å². The van der Waals surface area contributed by atoms with Crippen molar-refractivity contribution >= 4 is 29.6 Å². The standard InChI is InChI=1S/C21H35N5O6/c1-14-12-25(5)15(13-24(14)4)21(2,3)20(31)23-10-8-16(27)22-11-9-19(30)32-26-17(28)6-7-18(26)29/h14-15H,6-13H2,1-5H3,(H,22,27)(H,23,31)/i4D2,5D2. The zero-order valence-electron chi connectivity index (χ0n) is 22.8. The Hall–Kier alpha value is -2.53. The molecule has 2 rings (SSSR count). The molecule has 0 radical (unpaired) electrons. The van der Waals surface area contributed by atoms with Crippen molar-refractivity contribution in [3.8, 4) is 0 Å². The number of nitrogens with zero attached hydrogens (tertiary/aromatic N) is 3. The van der Waals surface area contributed by atoms with E-state index in [0.29, 0.717) is 5.06 Å². The maximum absolute atomic E-state index is 13.0. The largest absolute Gasteiger partial charge is 0.355 e. The fourth-order valence-electron chi connectivity index (χ4n) is 3.53. The first kappa shape index (κ1) is 20.1. The van der Waals surface area contributed by atoms with E-state index in [1.165, 1.54) is 0 Å². The summed E-state index contributed by atoms with van der Waals surface area (Å²) in [6, 6.07) is -0.795. The molecule has 32 heavy (non-hydrogen) atoms. The van der Waals surface area contributed by atoms with Gasteiger partial charge < -0.3 is 20.4 Å². The maximum atomic E-state index is 13.0. The Kier molecular flexibility index (Phi) is 6.82. The van der Waals surface area contributed by atoms with Crippen LogP contribution in [0.4, 0.5) is 0 Å². The van der Waals surface area contributed by atoms with Gasteiger partial charge in [-0.1, -0.05) is 0 Å². The van der Waals surface area contributed by atoms with Crippen molar-refractivity contribution in [2.75, 3.05) is 40.2 Å². The minimum Gasteiger partial charge on any atom is -0.355 e. The van der Waals surface area contributed by atoms with Crippen LogP contribution in [0.2, 0.25) is 0 Å². The first-order valence-electron chi connectivity index (χ1n) is 12.9. The highest BCUT2D eigenvalue weighted by Gasteiger charge is 2.42. The van der Waals surface area contributed by atoms with Crippen molar-refractivity contribution < 1.29 is 34.3 Å². The number of imide groups is 1. The number of likely N-dealkylation sites (N-methyl/N-ethyl adjacent to an activating group) is 2. The number of nitrogens with one attached hydrogen (secondary N) is 2. The lowest BCUT2D eigenvalue weighted by Gasteiger charge is -2.48. The summed E-state index contributed by atoms with van der Waals surface area (Å²) in [6.45, 7) is 2.98. The van der Waals surface area contributed by atoms with Gasteiger partial charge in [0.15, 0.2) is 0 Å². The molecule has 11 nitrogen and oxygen atoms in total. The van der Waals surface area contributed by atoms with E-state index in [1.54, 1.807) is 23.6 Å². The van der Waals surface area contributed by atoms with Crippen LogP contribution in [-0.2, 0) is 28.8 Å². The van der Waals surface area contributed by atoms with E-state index in [-0.39, 0.29) is 57.9 Å². The summed E-state index contributed by atoms with van der Waals surface area (Å²) in [5, 5.41) is 5.62. The average molecular weight is 458 g/mol. The highest BCUT2D eigenvalue weighted by Crippen LogP contribution is 2.29. The van der Waals surface area contributed by atoms with Gasteiger partial charge >= 0.3 is 5.97 Å². The molecule has 2 aliphatic heterocycles. The Balaban J connectivity index is 1.79. The Bertz CT molecular complexity index is 843. The van der Waals surface area contributed by atoms with Gasteiger partial charge in [-0.15, -0.1) is 5.06 Å². The number of hydroxylamine groups is 2. The van der Waals surface area contributed by atoms with E-state index >= 15 is 0 Å². The molecule has 0 aromatic rings. The quantitative estimate of drug-likeness (QED) is 0.434. The Morgan fingerprint density at radius 2 is 1.66 bits per heavy atom. The van der Waals surface area contributed by atoms with E-state index < -0.39 is 55.1 Å². The van der Waals surface area contributed by atoms with Crippen LogP contribution < -0.4 is 10.6 Å². The van der Waals surface area contributed by atoms with Crippen LogP contribution in [0, 0.1) is 5.41 Å². The molecule has 4 amide bonds. The Morgan fingerprint density at radius 1 is 1.03 bits per heavy atom. The molecule has 2 unspecified atom stereocenters. The molecular formula is C21H35N5O6. The normalized spacial score (nSPS) is 24.7. The lowest BCUT2D eigenvalue weighted by Crippen LogP contribution is -2.62. The summed E-state index contributed by atoms with van der Waals surface area (Å²) in [5.41, 5.74) is -1.07. The number of hydrogen-bond acceptors (Lipinski definition) is 8. The molecule has 2 fully saturated rings. The third-order valence-electron chi connectivity index (χ3n) is 5.73. The maximum Gasteiger partial charge on any atom is 0.334 e. The number of rotatable bonds is 9. The molecule has 0 saturated carbocycles. The lowest BCUT2D eigenvalue weighted by atomic mass is 9.80. The fourth-order valence-corrected chi connectivity index (χ4v) is 3.53. The Morgan fingerprint density at radius 3 is 2.28 bits per heavy atom. The highest BCUT2D eigenvalue weighted by molar-refractivity contribution is 6.01. The predicted octanol–water partition coefficient (Wildman–Crippen LogP) is -0.733. The van der Waals surface area contributed by atoms with Crippen LogP contribution in [0.5, 0.6) is 0 Å². The molecular weight excluding hydrogens is 418 g/mol. The summed E-state index contributed by atoms with van der Waals surface area (Å²) >= 11 is 0. The van der Waals surface area contributed by atoms with Crippen molar-refractivity contribution in [2.45, 2.75) is 58.5 Å². The zero-order valence-corrected chi connectivity index (χ0v) is 18.8. The number of carbonyl (C=O) groups is 5. The van der Waals surface area contributed by atoms with Gasteiger partial charge in [-0.05, 0) is 34.8 Å². The minimum atomic E-state index is -1.32. The monoisotopic (exact) mass is 457 g/mol. The topological polar surface area (TPSA) is 128 Å². The summed E-state index contributed by atoms with van der Waals surface area (Å²) < 4.78 is 31.3. The summed E-state index contributed by atoms with van der Waals surface area (Å²) in [5.74, 6) is -2.84. The van der Waals surface area contributed by atoms with Crippen LogP contribution in [0.15, 0.2) is 0 Å². The molecule has 0 aromatic carbocycles. The zero-order chi connectivity index (χ0) is 27.2. The van der Waals surface area contributed by atoms with Crippen LogP contribution in [-0.4, -0.2) is 96.7 Å². The van der Waals surface area contributed by atoms with E-state index in [0.717, 1.165) is 0 Å². The minimum absolute atomic E-state index is 0.00680. The summed E-state index contributed by atoms with van der Waals surface area (Å²) in [6.07, 6.45) is -0.339. The number of amides is 4. The van der Waals surface area contributed by atoms with E-state index in [2.05, 4.69) is 10.6 Å². The third kappa shape index (κ3) is 6.49. The molecule has 0 spiro atoms. The molecule has 2 aliphatic rings. The second-order valence-electron chi connectivity index (χ2n) is 8.63. The van der Waals surface area contributed by atoms with Crippen molar-refractivity contribution in [3.05, 3.63) is 0 Å². The van der Waals surface area contributed by atoms with Crippen LogP contribution in [0.25, 0.3) is 0 Å². The van der Waals surface area contributed by atoms with Gasteiger partial charge in [0.1, 0.15) is 0 Å². The van der Waals surface area contributed by atoms with E-state index in [1.807, 2.05) is 6.92 Å². The predicted molar refractivity (Wildman–Crippen MR) is 115 cm³/mol. The highest BCUT2D eigenvalue weighted by atomic mass is 16.7. The van der Waals surface area contributed by atoms with Gasteiger partial charge in [0.05, 0.1) is 11.8 Å². The van der Waals surface area contributed by atoms with E-state index in [9.17, 15) is 24.0 Å². The van der Waals surface area contributed by atoms with Crippen LogP contribution in [0.1, 0.15) is 51.9 Å². The molecule has 180 valence electrons. The Labute approximate surface area is 194 Å². The number of hydrogen-bond donors (Lipinski definition) is 2. The number of carbonyl (C=O) groups excluding carboxylic acids is 5. The molecule has 0 aliphatic carbocycles. The SMILES string of the molecule is [2H]C([2H])N1CC(C(C)(C)C(=O)NCCC(=O)NCCC(=O)ON2C(=O)CCC2=O)N(C([2H])[2H])CC1C. The molecule has 2 atom stereocenters. The molecule has 11 heteroatoms. The molecule has 2 saturated heterocycles. The molecule has 2 N–H and O–H groups in total. The molecule has 2 heterocycles. The van der Waals surface area contributed by atoms with Gasteiger partial charge in [-0.3, -0.25) is 24.1 Å². The molecule has 0 aromatic heterocycles. The van der Waals surface area contributed by atoms with Gasteiger partial charge in [-0.2, -0.15) is 0 Å². The van der Waals surface area contributed by atoms with Crippen LogP contribution >= 0.6 is 0 Å². The van der Waals surface area contributed by atoms with Crippen molar-refractivity contribution in [3.63, 3.8) is 0 Å². The number of piperazine rings is 1. The summed E-state index contributed by atoms with van der Waals surface area (Å²) in [4.78, 5) is 67.6. The molecule has 0 bridgehead atoms. The second kappa shape index (κ2) is 10.9. The third-order valence-corrected chi connectivity index (χ3v) is 5.73. The van der Waals surface area contributed by atoms with Crippen molar-refractivity contribution in [2.24, 2.45) is 5.41 Å². The van der Waals surface area contributed by atoms with Crippen molar-refractivity contribution in [1.82, 2.24) is 25.5 Å². The van der Waals surface area contributed by atoms with Gasteiger partial charge in [0.2, 0.25) is 11.8 Å². The average Bonchev–Trinajstić information content (AvgIpc) is 3.10. The first-order valence-corrected chi connectivity index (χ1v) is 10.6. The first-order chi connectivity index (χ1) is 16.7. The van der Waals surface area contributed by atoms with Gasteiger partial charge in [0, 0.05) is 63.0 Å². The van der Waals surface area contributed by atoms with E-state index in [4.69, 9.17) is 10.3 Å². The summed E-state index contributed by atoms with van der Waals surface area (Å²) in [7, 11) is 0. The van der Waals surface area contributed by atoms with Crippen molar-refractivity contribution in [1.29, 1.82) is 0 Å². The fraction of sp³-hybridized carbons (Fsp3) is 0.762.